The predicted octanol–water partition coefficient (Wildman–Crippen LogP) is 2.31. The van der Waals surface area contributed by atoms with Gasteiger partial charge in [0.25, 0.3) is 5.91 Å². The van der Waals surface area contributed by atoms with Gasteiger partial charge >= 0.3 is 0 Å². The van der Waals surface area contributed by atoms with Crippen LogP contribution in [0.15, 0.2) is 42.6 Å². The molecule has 5 nitrogen and oxygen atoms in total. The molecule has 0 aliphatic heterocycles. The number of hydrogen-bond acceptors (Lipinski definition) is 4. The summed E-state index contributed by atoms with van der Waals surface area (Å²) in [4.78, 5) is 16.1. The molecule has 0 saturated carbocycles. The molecular weight excluding hydrogens is 302 g/mol. The average Bonchev–Trinajstić information content (AvgIpc) is 2.52. The normalized spacial score (nSPS) is 11.8. The number of halogens is 1. The summed E-state index contributed by atoms with van der Waals surface area (Å²) in [5, 5.41) is 16.2. The van der Waals surface area contributed by atoms with E-state index in [4.69, 9.17) is 11.6 Å². The number of nitrogens with zero attached hydrogens (tertiary/aromatic N) is 1. The molecule has 6 heteroatoms. The summed E-state index contributed by atoms with van der Waals surface area (Å²) in [5.41, 5.74) is 1.43. The molecule has 1 amide bonds. The summed E-state index contributed by atoms with van der Waals surface area (Å²) in [6.07, 6.45) is 0.431. The van der Waals surface area contributed by atoms with Crippen molar-refractivity contribution in [3.8, 4) is 0 Å². The maximum Gasteiger partial charge on any atom is 0.253 e. The van der Waals surface area contributed by atoms with E-state index >= 15 is 0 Å². The van der Waals surface area contributed by atoms with Crippen LogP contribution in [0.1, 0.15) is 17.2 Å². The van der Waals surface area contributed by atoms with Crippen LogP contribution in [0.5, 0.6) is 0 Å². The number of aryl methyl sites for hydroxylation is 1. The van der Waals surface area contributed by atoms with Crippen molar-refractivity contribution in [2.45, 2.75) is 13.0 Å². The minimum absolute atomic E-state index is 0.368. The molecule has 0 spiro atoms. The van der Waals surface area contributed by atoms with Crippen molar-refractivity contribution in [2.24, 2.45) is 0 Å². The number of anilines is 1. The van der Waals surface area contributed by atoms with Crippen LogP contribution in [0.2, 0.25) is 5.02 Å². The average molecular weight is 320 g/mol. The molecule has 0 radical (unpaired) electrons. The second kappa shape index (κ2) is 7.77. The third-order valence-corrected chi connectivity index (χ3v) is 3.52. The summed E-state index contributed by atoms with van der Waals surface area (Å²) in [5.74, 6) is 0.302. The van der Waals surface area contributed by atoms with Crippen molar-refractivity contribution in [2.75, 3.05) is 18.4 Å². The van der Waals surface area contributed by atoms with Crippen molar-refractivity contribution >= 4 is 23.3 Å². The molecule has 1 atom stereocenters. The van der Waals surface area contributed by atoms with Crippen LogP contribution in [0.25, 0.3) is 0 Å². The van der Waals surface area contributed by atoms with Crippen LogP contribution in [-0.2, 0) is 4.79 Å². The number of benzene rings is 1. The zero-order valence-electron chi connectivity index (χ0n) is 12.2. The van der Waals surface area contributed by atoms with Gasteiger partial charge in [0.1, 0.15) is 5.82 Å². The Hall–Kier alpha value is -2.11. The summed E-state index contributed by atoms with van der Waals surface area (Å²) >= 11 is 5.96. The van der Waals surface area contributed by atoms with E-state index in [2.05, 4.69) is 15.6 Å². The lowest BCUT2D eigenvalue weighted by atomic mass is 10.1. The smallest absolute Gasteiger partial charge is 0.253 e. The maximum absolute atomic E-state index is 11.9. The Morgan fingerprint density at radius 1 is 1.27 bits per heavy atom. The summed E-state index contributed by atoms with van der Waals surface area (Å²) in [6.45, 7) is 2.84. The SMILES string of the molecule is Cc1cccnc1NCCNC(=O)[C@H](O)c1ccccc1Cl. The largest absolute Gasteiger partial charge is 0.378 e. The fraction of sp³-hybridized carbons (Fsp3) is 0.250. The molecule has 0 fully saturated rings. The highest BCUT2D eigenvalue weighted by atomic mass is 35.5. The third kappa shape index (κ3) is 4.19. The van der Waals surface area contributed by atoms with E-state index in [-0.39, 0.29) is 0 Å². The molecule has 0 aliphatic rings. The maximum atomic E-state index is 11.9. The number of aromatic nitrogens is 1. The number of carbonyl (C=O) groups excluding carboxylic acids is 1. The van der Waals surface area contributed by atoms with Crippen LogP contribution in [0, 0.1) is 6.92 Å². The Morgan fingerprint density at radius 2 is 2.05 bits per heavy atom. The molecule has 22 heavy (non-hydrogen) atoms. The van der Waals surface area contributed by atoms with Crippen LogP contribution < -0.4 is 10.6 Å². The van der Waals surface area contributed by atoms with Gasteiger partial charge in [-0.05, 0) is 24.6 Å². The van der Waals surface area contributed by atoms with Crippen LogP contribution >= 0.6 is 11.6 Å². The van der Waals surface area contributed by atoms with E-state index < -0.39 is 12.0 Å². The van der Waals surface area contributed by atoms with Gasteiger partial charge in [-0.25, -0.2) is 4.98 Å². The zero-order valence-corrected chi connectivity index (χ0v) is 13.0. The molecule has 1 aromatic carbocycles. The number of aliphatic hydroxyl groups is 1. The van der Waals surface area contributed by atoms with Gasteiger partial charge in [0, 0.05) is 29.9 Å². The number of pyridine rings is 1. The lowest BCUT2D eigenvalue weighted by molar-refractivity contribution is -0.129. The van der Waals surface area contributed by atoms with Crippen molar-refractivity contribution < 1.29 is 9.90 Å². The number of aliphatic hydroxyl groups excluding tert-OH is 1. The van der Waals surface area contributed by atoms with Crippen LogP contribution in [-0.4, -0.2) is 29.1 Å². The standard InChI is InChI=1S/C16H18ClN3O2/c1-11-5-4-8-18-15(11)19-9-10-20-16(22)14(21)12-6-2-3-7-13(12)17/h2-8,14,21H,9-10H2,1H3,(H,18,19)(H,20,22)/t14-/m1/s1. The topological polar surface area (TPSA) is 74.2 Å². The van der Waals surface area contributed by atoms with Gasteiger partial charge in [0.05, 0.1) is 0 Å². The Labute approximate surface area is 134 Å². The molecular formula is C16H18ClN3O2. The first kappa shape index (κ1) is 16.3. The molecule has 0 bridgehead atoms. The Balaban J connectivity index is 1.81. The monoisotopic (exact) mass is 319 g/mol. The molecule has 0 unspecified atom stereocenters. The second-order valence-electron chi connectivity index (χ2n) is 4.81. The number of hydrogen-bond donors (Lipinski definition) is 3. The molecule has 0 aliphatic carbocycles. The lowest BCUT2D eigenvalue weighted by Gasteiger charge is -2.13. The Bertz CT molecular complexity index is 649. The summed E-state index contributed by atoms with van der Waals surface area (Å²) < 4.78 is 0. The fourth-order valence-electron chi connectivity index (χ4n) is 1.97. The van der Waals surface area contributed by atoms with E-state index in [0.29, 0.717) is 23.7 Å². The van der Waals surface area contributed by atoms with Gasteiger partial charge in [-0.15, -0.1) is 0 Å². The zero-order chi connectivity index (χ0) is 15.9. The third-order valence-electron chi connectivity index (χ3n) is 3.17. The number of amides is 1. The molecule has 2 rings (SSSR count). The lowest BCUT2D eigenvalue weighted by Crippen LogP contribution is -2.33. The van der Waals surface area contributed by atoms with Crippen molar-refractivity contribution in [1.82, 2.24) is 10.3 Å². The van der Waals surface area contributed by atoms with Gasteiger partial charge in [-0.3, -0.25) is 4.79 Å². The minimum Gasteiger partial charge on any atom is -0.378 e. The molecule has 1 aromatic heterocycles. The molecule has 2 aromatic rings. The predicted molar refractivity (Wildman–Crippen MR) is 86.9 cm³/mol. The van der Waals surface area contributed by atoms with Gasteiger partial charge in [-0.1, -0.05) is 35.9 Å². The van der Waals surface area contributed by atoms with Gasteiger partial charge in [-0.2, -0.15) is 0 Å². The van der Waals surface area contributed by atoms with Crippen LogP contribution in [0.3, 0.4) is 0 Å². The van der Waals surface area contributed by atoms with E-state index in [1.807, 2.05) is 19.1 Å². The highest BCUT2D eigenvalue weighted by molar-refractivity contribution is 6.31. The molecule has 116 valence electrons. The van der Waals surface area contributed by atoms with Crippen molar-refractivity contribution in [3.63, 3.8) is 0 Å². The fourth-order valence-corrected chi connectivity index (χ4v) is 2.21. The molecule has 3 N–H and O–H groups in total. The molecule has 1 heterocycles. The highest BCUT2D eigenvalue weighted by Gasteiger charge is 2.18. The van der Waals surface area contributed by atoms with E-state index in [0.717, 1.165) is 11.4 Å². The van der Waals surface area contributed by atoms with E-state index in [1.165, 1.54) is 0 Å². The first-order valence-corrected chi connectivity index (χ1v) is 7.33. The van der Waals surface area contributed by atoms with Gasteiger partial charge in [0.2, 0.25) is 0 Å². The quantitative estimate of drug-likeness (QED) is 0.714. The number of nitrogens with one attached hydrogen (secondary N) is 2. The first-order chi connectivity index (χ1) is 10.6. The van der Waals surface area contributed by atoms with Crippen molar-refractivity contribution in [3.05, 3.63) is 58.7 Å². The minimum atomic E-state index is -1.27. The van der Waals surface area contributed by atoms with Gasteiger partial charge in [0.15, 0.2) is 6.10 Å². The Kier molecular flexibility index (Phi) is 5.75. The second-order valence-corrected chi connectivity index (χ2v) is 5.22. The summed E-state index contributed by atoms with van der Waals surface area (Å²) in [7, 11) is 0. The van der Waals surface area contributed by atoms with Gasteiger partial charge < -0.3 is 15.7 Å². The van der Waals surface area contributed by atoms with E-state index in [9.17, 15) is 9.90 Å². The van der Waals surface area contributed by atoms with Crippen molar-refractivity contribution in [1.29, 1.82) is 0 Å². The Morgan fingerprint density at radius 3 is 2.77 bits per heavy atom. The number of carbonyl (C=O) groups is 1. The van der Waals surface area contributed by atoms with Crippen LogP contribution in [0.4, 0.5) is 5.82 Å². The number of rotatable bonds is 6. The first-order valence-electron chi connectivity index (χ1n) is 6.95. The van der Waals surface area contributed by atoms with E-state index in [1.54, 1.807) is 30.5 Å². The molecule has 0 saturated heterocycles. The summed E-state index contributed by atoms with van der Waals surface area (Å²) in [6, 6.07) is 10.6. The highest BCUT2D eigenvalue weighted by Crippen LogP contribution is 2.22.